The zero-order valence-corrected chi connectivity index (χ0v) is 18.5. The van der Waals surface area contributed by atoms with E-state index < -0.39 is 10.0 Å². The third kappa shape index (κ3) is 6.28. The smallest absolute Gasteiger partial charge is 0.262 e. The van der Waals surface area contributed by atoms with Crippen LogP contribution in [-0.4, -0.2) is 38.3 Å². The molecule has 29 heavy (non-hydrogen) atoms. The molecule has 0 aliphatic rings. The molecular formula is C21H23BrN2O4S. The Labute approximate surface area is 180 Å². The van der Waals surface area contributed by atoms with E-state index in [0.717, 1.165) is 10.0 Å². The van der Waals surface area contributed by atoms with Gasteiger partial charge in [0.15, 0.2) is 6.61 Å². The number of anilines is 1. The Kier molecular flexibility index (Phi) is 8.19. The van der Waals surface area contributed by atoms with Crippen molar-refractivity contribution in [3.8, 4) is 5.75 Å². The first-order chi connectivity index (χ1) is 13.8. The van der Waals surface area contributed by atoms with Crippen LogP contribution in [0.2, 0.25) is 0 Å². The molecule has 0 saturated heterocycles. The molecule has 0 radical (unpaired) electrons. The number of carbonyl (C=O) groups is 1. The van der Waals surface area contributed by atoms with Gasteiger partial charge in [-0.1, -0.05) is 28.1 Å². The number of nitrogens with one attached hydrogen (secondary N) is 1. The number of ether oxygens (including phenoxy) is 1. The summed E-state index contributed by atoms with van der Waals surface area (Å²) >= 11 is 3.38. The van der Waals surface area contributed by atoms with Crippen LogP contribution in [0.4, 0.5) is 5.69 Å². The number of rotatable bonds is 10. The van der Waals surface area contributed by atoms with E-state index in [9.17, 15) is 13.2 Å². The molecule has 2 rings (SSSR count). The van der Waals surface area contributed by atoms with E-state index >= 15 is 0 Å². The minimum atomic E-state index is -3.68. The topological polar surface area (TPSA) is 75.7 Å². The summed E-state index contributed by atoms with van der Waals surface area (Å²) in [6.45, 7) is 9.26. The molecule has 0 fully saturated rings. The van der Waals surface area contributed by atoms with Gasteiger partial charge in [-0.25, -0.2) is 8.42 Å². The molecule has 0 aromatic heterocycles. The lowest BCUT2D eigenvalue weighted by atomic mass is 10.2. The molecule has 0 spiro atoms. The van der Waals surface area contributed by atoms with E-state index in [-0.39, 0.29) is 30.5 Å². The van der Waals surface area contributed by atoms with E-state index in [1.165, 1.54) is 40.7 Å². The van der Waals surface area contributed by atoms with Crippen molar-refractivity contribution in [2.24, 2.45) is 0 Å². The van der Waals surface area contributed by atoms with E-state index in [1.54, 1.807) is 6.07 Å². The first-order valence-electron chi connectivity index (χ1n) is 8.78. The van der Waals surface area contributed by atoms with Gasteiger partial charge in [0.1, 0.15) is 5.75 Å². The minimum Gasteiger partial charge on any atom is -0.483 e. The lowest BCUT2D eigenvalue weighted by Gasteiger charge is -2.19. The molecule has 0 aliphatic heterocycles. The second-order valence-corrected chi connectivity index (χ2v) is 9.02. The second kappa shape index (κ2) is 10.4. The number of amides is 1. The first kappa shape index (κ1) is 22.9. The summed E-state index contributed by atoms with van der Waals surface area (Å²) in [5.74, 6) is 0.275. The molecule has 8 heteroatoms. The summed E-state index contributed by atoms with van der Waals surface area (Å²) in [5.41, 5.74) is 1.38. The first-order valence-corrected chi connectivity index (χ1v) is 11.0. The lowest BCUT2D eigenvalue weighted by Crippen LogP contribution is -2.31. The average molecular weight is 479 g/mol. The molecule has 1 N–H and O–H groups in total. The Hall–Kier alpha value is -2.42. The third-order valence-corrected chi connectivity index (χ3v) is 6.28. The van der Waals surface area contributed by atoms with Crippen molar-refractivity contribution in [3.05, 3.63) is 77.8 Å². The van der Waals surface area contributed by atoms with Crippen LogP contribution in [0.15, 0.2) is 77.1 Å². The van der Waals surface area contributed by atoms with Gasteiger partial charge in [0, 0.05) is 23.2 Å². The van der Waals surface area contributed by atoms with Gasteiger partial charge in [0.25, 0.3) is 5.91 Å². The fourth-order valence-electron chi connectivity index (χ4n) is 2.53. The van der Waals surface area contributed by atoms with Gasteiger partial charge in [0.2, 0.25) is 10.0 Å². The zero-order chi connectivity index (χ0) is 21.4. The summed E-state index contributed by atoms with van der Waals surface area (Å²) in [6, 6.07) is 11.5. The largest absolute Gasteiger partial charge is 0.483 e. The van der Waals surface area contributed by atoms with Gasteiger partial charge in [-0.2, -0.15) is 4.31 Å². The van der Waals surface area contributed by atoms with Crippen molar-refractivity contribution >= 4 is 37.5 Å². The maximum atomic E-state index is 12.7. The van der Waals surface area contributed by atoms with Gasteiger partial charge in [-0.05, 0) is 55.0 Å². The van der Waals surface area contributed by atoms with E-state index in [1.807, 2.05) is 19.1 Å². The number of benzene rings is 2. The number of aryl methyl sites for hydroxylation is 1. The normalized spacial score (nSPS) is 11.1. The Balaban J connectivity index is 2.01. The second-order valence-electron chi connectivity index (χ2n) is 6.17. The van der Waals surface area contributed by atoms with Gasteiger partial charge in [-0.3, -0.25) is 4.79 Å². The number of carbonyl (C=O) groups excluding carboxylic acids is 1. The van der Waals surface area contributed by atoms with E-state index in [0.29, 0.717) is 11.4 Å². The Morgan fingerprint density at radius 3 is 2.31 bits per heavy atom. The van der Waals surface area contributed by atoms with Crippen molar-refractivity contribution in [1.82, 2.24) is 4.31 Å². The van der Waals surface area contributed by atoms with Crippen molar-refractivity contribution in [2.45, 2.75) is 11.8 Å². The van der Waals surface area contributed by atoms with Crippen LogP contribution >= 0.6 is 15.9 Å². The number of hydrogen-bond acceptors (Lipinski definition) is 4. The van der Waals surface area contributed by atoms with Gasteiger partial charge in [-0.15, -0.1) is 13.2 Å². The van der Waals surface area contributed by atoms with Crippen LogP contribution in [-0.2, 0) is 14.8 Å². The number of sulfonamides is 1. The monoisotopic (exact) mass is 478 g/mol. The summed E-state index contributed by atoms with van der Waals surface area (Å²) in [6.07, 6.45) is 3.03. The van der Waals surface area contributed by atoms with Crippen molar-refractivity contribution in [3.63, 3.8) is 0 Å². The number of nitrogens with zero attached hydrogens (tertiary/aromatic N) is 1. The lowest BCUT2D eigenvalue weighted by molar-refractivity contribution is -0.118. The zero-order valence-electron chi connectivity index (χ0n) is 16.1. The molecule has 154 valence electrons. The summed E-state index contributed by atoms with van der Waals surface area (Å²) in [7, 11) is -3.68. The Bertz CT molecular complexity index is 978. The Morgan fingerprint density at radius 2 is 1.76 bits per heavy atom. The maximum absolute atomic E-state index is 12.7. The highest BCUT2D eigenvalue weighted by Gasteiger charge is 2.22. The third-order valence-electron chi connectivity index (χ3n) is 3.94. The van der Waals surface area contributed by atoms with Crippen molar-refractivity contribution in [2.75, 3.05) is 25.0 Å². The average Bonchev–Trinajstić information content (AvgIpc) is 2.67. The molecule has 2 aromatic rings. The number of halogens is 1. The molecule has 0 bridgehead atoms. The molecule has 0 unspecified atom stereocenters. The van der Waals surface area contributed by atoms with Crippen LogP contribution in [0.1, 0.15) is 5.56 Å². The molecule has 1 amide bonds. The predicted molar refractivity (Wildman–Crippen MR) is 119 cm³/mol. The quantitative estimate of drug-likeness (QED) is 0.520. The fraction of sp³-hybridized carbons (Fsp3) is 0.190. The summed E-state index contributed by atoms with van der Waals surface area (Å²) < 4.78 is 33.1. The number of hydrogen-bond donors (Lipinski definition) is 1. The van der Waals surface area contributed by atoms with E-state index in [4.69, 9.17) is 4.74 Å². The molecular weight excluding hydrogens is 456 g/mol. The molecule has 2 aromatic carbocycles. The van der Waals surface area contributed by atoms with Crippen molar-refractivity contribution < 1.29 is 17.9 Å². The SMILES string of the molecule is C=CCN(CC=C)S(=O)(=O)c1ccc(NC(=O)COc2ccc(Br)cc2C)cc1. The highest BCUT2D eigenvalue weighted by molar-refractivity contribution is 9.10. The minimum absolute atomic E-state index is 0.126. The van der Waals surface area contributed by atoms with Gasteiger partial charge < -0.3 is 10.1 Å². The predicted octanol–water partition coefficient (Wildman–Crippen LogP) is 4.14. The molecule has 0 aliphatic carbocycles. The summed E-state index contributed by atoms with van der Waals surface area (Å²) in [4.78, 5) is 12.3. The van der Waals surface area contributed by atoms with Crippen molar-refractivity contribution in [1.29, 1.82) is 0 Å². The van der Waals surface area contributed by atoms with Crippen LogP contribution in [0, 0.1) is 6.92 Å². The van der Waals surface area contributed by atoms with Gasteiger partial charge >= 0.3 is 0 Å². The van der Waals surface area contributed by atoms with Crippen LogP contribution < -0.4 is 10.1 Å². The Morgan fingerprint density at radius 1 is 1.14 bits per heavy atom. The molecule has 0 atom stereocenters. The van der Waals surface area contributed by atoms with E-state index in [2.05, 4.69) is 34.4 Å². The summed E-state index contributed by atoms with van der Waals surface area (Å²) in [5, 5.41) is 2.69. The van der Waals surface area contributed by atoms with Gasteiger partial charge in [0.05, 0.1) is 4.90 Å². The maximum Gasteiger partial charge on any atom is 0.262 e. The molecule has 0 heterocycles. The highest BCUT2D eigenvalue weighted by atomic mass is 79.9. The standard InChI is InChI=1S/C21H23BrN2O4S/c1-4-12-24(13-5-2)29(26,27)19-9-7-18(8-10-19)23-21(25)15-28-20-11-6-17(22)14-16(20)3/h4-11,14H,1-2,12-13,15H2,3H3,(H,23,25). The molecule has 6 nitrogen and oxygen atoms in total. The fourth-order valence-corrected chi connectivity index (χ4v) is 4.39. The van der Waals surface area contributed by atoms with Crippen LogP contribution in [0.5, 0.6) is 5.75 Å². The van der Waals surface area contributed by atoms with Crippen LogP contribution in [0.3, 0.4) is 0 Å². The van der Waals surface area contributed by atoms with Crippen LogP contribution in [0.25, 0.3) is 0 Å². The highest BCUT2D eigenvalue weighted by Crippen LogP contribution is 2.22. The molecule has 0 saturated carbocycles.